The summed E-state index contributed by atoms with van der Waals surface area (Å²) in [6, 6.07) is 0. The fourth-order valence-corrected chi connectivity index (χ4v) is 6.60. The van der Waals surface area contributed by atoms with E-state index in [4.69, 9.17) is 71.1 Å². The quantitative estimate of drug-likeness (QED) is 0.0680. The highest BCUT2D eigenvalue weighted by atomic mass is 16.8. The Labute approximate surface area is 382 Å². The molecule has 0 N–H and O–H groups in total. The van der Waals surface area contributed by atoms with Crippen LogP contribution in [0.2, 0.25) is 0 Å². The Balaban J connectivity index is 3.03. The van der Waals surface area contributed by atoms with E-state index in [-0.39, 0.29) is 6.29 Å². The second-order valence-corrected chi connectivity index (χ2v) is 14.5. The highest BCUT2D eigenvalue weighted by Crippen LogP contribution is 2.37. The number of rotatable bonds is 22. The largest absolute Gasteiger partial charge is 0.463 e. The summed E-state index contributed by atoms with van der Waals surface area (Å²) < 4.78 is 83.6. The zero-order chi connectivity index (χ0) is 50.9. The lowest BCUT2D eigenvalue weighted by molar-refractivity contribution is -0.369. The molecule has 0 aromatic heterocycles. The van der Waals surface area contributed by atoms with Crippen LogP contribution in [0.25, 0.3) is 0 Å². The van der Waals surface area contributed by atoms with Crippen LogP contribution in [-0.4, -0.2) is 178 Å². The molecule has 0 aromatic carbocycles. The topological polar surface area (TPSA) is 343 Å². The van der Waals surface area contributed by atoms with Gasteiger partial charge in [0.05, 0.1) is 0 Å². The molecule has 376 valence electrons. The van der Waals surface area contributed by atoms with Gasteiger partial charge in [0.25, 0.3) is 0 Å². The van der Waals surface area contributed by atoms with Gasteiger partial charge in [-0.15, -0.1) is 0 Å². The summed E-state index contributed by atoms with van der Waals surface area (Å²) >= 11 is 0. The molecule has 2 aliphatic heterocycles. The first kappa shape index (κ1) is 56.8. The summed E-state index contributed by atoms with van der Waals surface area (Å²) in [7, 11) is 0. The third kappa shape index (κ3) is 18.8. The molecule has 0 saturated carbocycles. The normalized spacial score (nSPS) is 26.2. The van der Waals surface area contributed by atoms with Crippen molar-refractivity contribution in [2.75, 3.05) is 19.8 Å². The van der Waals surface area contributed by atoms with Gasteiger partial charge in [0, 0.05) is 76.2 Å². The molecule has 2 saturated heterocycles. The van der Waals surface area contributed by atoms with Gasteiger partial charge in [-0.25, -0.2) is 0 Å². The number of aldehydes is 1. The van der Waals surface area contributed by atoms with Gasteiger partial charge in [-0.05, 0) is 0 Å². The van der Waals surface area contributed by atoms with Crippen LogP contribution in [0.3, 0.4) is 0 Å². The number of hydrogen-bond donors (Lipinski definition) is 0. The predicted octanol–water partition coefficient (Wildman–Crippen LogP) is -1.45. The van der Waals surface area contributed by atoms with E-state index < -0.39 is 171 Å². The van der Waals surface area contributed by atoms with Crippen molar-refractivity contribution >= 4 is 71.9 Å². The molecule has 0 aromatic rings. The molecule has 0 amide bonds. The average Bonchev–Trinajstić information content (AvgIpc) is 3.18. The minimum absolute atomic E-state index is 0.00979. The number of hydrogen-bond acceptors (Lipinski definition) is 27. The van der Waals surface area contributed by atoms with Crippen LogP contribution < -0.4 is 0 Å². The lowest BCUT2D eigenvalue weighted by Crippen LogP contribution is -2.68. The molecule has 27 heteroatoms. The molecular weight excluding hydrogens is 912 g/mol. The second kappa shape index (κ2) is 26.7. The Morgan fingerprint density at radius 3 is 1.22 bits per heavy atom. The zero-order valence-electron chi connectivity index (χ0n) is 38.3. The summed E-state index contributed by atoms with van der Waals surface area (Å²) in [5, 5.41) is 0. The molecular formula is C40H54O27. The van der Waals surface area contributed by atoms with E-state index in [0.717, 1.165) is 76.2 Å². The van der Waals surface area contributed by atoms with Crippen molar-refractivity contribution in [2.24, 2.45) is 0 Å². The Kier molecular flexibility index (Phi) is 22.7. The average molecular weight is 967 g/mol. The number of ether oxygens (including phenoxy) is 15. The molecule has 67 heavy (non-hydrogen) atoms. The second-order valence-electron chi connectivity index (χ2n) is 14.5. The first-order valence-corrected chi connectivity index (χ1v) is 20.1. The summed E-state index contributed by atoms with van der Waals surface area (Å²) in [5.41, 5.74) is 0. The first-order valence-electron chi connectivity index (χ1n) is 20.1. The standard InChI is InChI=1S/C40H54O27/c1-16(42)53-13-28(57-20(5)46)32(31(58-21(6)47)27(12-41)56-19(4)45)66-39-38(63-26(11)52)36(61-24(9)50)34(30(65-39)15-55-18(3)44)67-40-37(62-25(10)51)35(60-23(8)49)33(59-22(7)48)29(64-40)14-54-17(2)43/h12,27-40H,13-15H2,1-11H3/t27-,28+,29+,30+,31+,32+,33+,34+,35-,36-,37+,38+,39+,40+/m0/s1. The smallest absolute Gasteiger partial charge is 0.303 e. The first-order chi connectivity index (χ1) is 31.2. The van der Waals surface area contributed by atoms with Gasteiger partial charge < -0.3 is 71.1 Å². The maximum Gasteiger partial charge on any atom is 0.303 e. The van der Waals surface area contributed by atoms with Gasteiger partial charge in [0.15, 0.2) is 67.7 Å². The van der Waals surface area contributed by atoms with Crippen molar-refractivity contribution in [3.63, 3.8) is 0 Å². The Morgan fingerprint density at radius 1 is 0.418 bits per heavy atom. The van der Waals surface area contributed by atoms with Crippen LogP contribution in [0.15, 0.2) is 0 Å². The van der Waals surface area contributed by atoms with E-state index in [1.165, 1.54) is 0 Å². The molecule has 14 atom stereocenters. The Hall–Kier alpha value is -6.32. The zero-order valence-corrected chi connectivity index (χ0v) is 38.3. The lowest BCUT2D eigenvalue weighted by Gasteiger charge is -2.49. The van der Waals surface area contributed by atoms with Crippen LogP contribution in [0, 0.1) is 0 Å². The highest BCUT2D eigenvalue weighted by molar-refractivity contribution is 5.72. The molecule has 2 heterocycles. The minimum atomic E-state index is -2.20. The molecule has 2 rings (SSSR count). The number of carbonyl (C=O) groups is 12. The van der Waals surface area contributed by atoms with Gasteiger partial charge >= 0.3 is 65.7 Å². The van der Waals surface area contributed by atoms with Crippen LogP contribution in [0.1, 0.15) is 76.2 Å². The molecule has 0 unspecified atom stereocenters. The molecule has 0 spiro atoms. The predicted molar refractivity (Wildman–Crippen MR) is 207 cm³/mol. The fourth-order valence-electron chi connectivity index (χ4n) is 6.60. The third-order valence-electron chi connectivity index (χ3n) is 8.70. The van der Waals surface area contributed by atoms with Crippen LogP contribution in [0.5, 0.6) is 0 Å². The fraction of sp³-hybridized carbons (Fsp3) is 0.700. The number of carbonyl (C=O) groups excluding carboxylic acids is 12. The van der Waals surface area contributed by atoms with E-state index in [1.54, 1.807) is 0 Å². The maximum absolute atomic E-state index is 13.0. The van der Waals surface area contributed by atoms with Gasteiger partial charge in [-0.3, -0.25) is 57.5 Å². The van der Waals surface area contributed by atoms with Crippen molar-refractivity contribution in [1.82, 2.24) is 0 Å². The van der Waals surface area contributed by atoms with Crippen molar-refractivity contribution in [2.45, 2.75) is 162 Å². The van der Waals surface area contributed by atoms with Crippen LogP contribution in [-0.2, 0) is 129 Å². The third-order valence-corrected chi connectivity index (χ3v) is 8.70. The molecule has 2 fully saturated rings. The van der Waals surface area contributed by atoms with E-state index in [2.05, 4.69) is 0 Å². The molecule has 2 aliphatic rings. The van der Waals surface area contributed by atoms with E-state index in [1.807, 2.05) is 0 Å². The van der Waals surface area contributed by atoms with Gasteiger partial charge in [-0.1, -0.05) is 0 Å². The molecule has 27 nitrogen and oxygen atoms in total. The SMILES string of the molecule is CC(=O)OC[C@H]1O[C@H](O[C@H]2[C@H](OC(C)=O)[C@@H](OC(C)=O)[C@@H](O[C@@H]([C@H](OC(C)=O)[C@H](C=O)OC(C)=O)[C@@H](COC(C)=O)OC(C)=O)O[C@@H]2COC(C)=O)[C@H](OC(C)=O)[C@@H](OC(C)=O)[C@@H]1OC(C)=O. The summed E-state index contributed by atoms with van der Waals surface area (Å²) in [6.45, 7) is 7.76. The summed E-state index contributed by atoms with van der Waals surface area (Å²) in [6.07, 6.45) is -27.3. The molecule has 0 bridgehead atoms. The molecule has 0 aliphatic carbocycles. The Bertz CT molecular complexity index is 1830. The summed E-state index contributed by atoms with van der Waals surface area (Å²) in [5.74, 6) is -11.4. The van der Waals surface area contributed by atoms with E-state index in [9.17, 15) is 57.5 Å². The summed E-state index contributed by atoms with van der Waals surface area (Å²) in [4.78, 5) is 149. The van der Waals surface area contributed by atoms with Gasteiger partial charge in [-0.2, -0.15) is 0 Å². The number of esters is 11. The van der Waals surface area contributed by atoms with Crippen molar-refractivity contribution < 1.29 is 129 Å². The minimum Gasteiger partial charge on any atom is -0.463 e. The monoisotopic (exact) mass is 966 g/mol. The maximum atomic E-state index is 13.0. The van der Waals surface area contributed by atoms with Crippen molar-refractivity contribution in [3.05, 3.63) is 0 Å². The molecule has 0 radical (unpaired) electrons. The van der Waals surface area contributed by atoms with Crippen LogP contribution >= 0.6 is 0 Å². The van der Waals surface area contributed by atoms with Crippen molar-refractivity contribution in [3.8, 4) is 0 Å². The van der Waals surface area contributed by atoms with Gasteiger partial charge in [0.2, 0.25) is 0 Å². The van der Waals surface area contributed by atoms with Crippen molar-refractivity contribution in [1.29, 1.82) is 0 Å². The van der Waals surface area contributed by atoms with E-state index in [0.29, 0.717) is 0 Å². The van der Waals surface area contributed by atoms with Gasteiger partial charge in [0.1, 0.15) is 44.2 Å². The van der Waals surface area contributed by atoms with E-state index >= 15 is 0 Å². The van der Waals surface area contributed by atoms with Crippen LogP contribution in [0.4, 0.5) is 0 Å². The highest BCUT2D eigenvalue weighted by Gasteiger charge is 2.59. The Morgan fingerprint density at radius 2 is 0.806 bits per heavy atom. The lowest BCUT2D eigenvalue weighted by atomic mass is 9.95.